The van der Waals surface area contributed by atoms with Gasteiger partial charge in [0.2, 0.25) is 11.9 Å². The zero-order valence-corrected chi connectivity index (χ0v) is 17.4. The van der Waals surface area contributed by atoms with Gasteiger partial charge in [-0.25, -0.2) is 9.97 Å². The van der Waals surface area contributed by atoms with Crippen molar-refractivity contribution in [1.82, 2.24) is 20.2 Å². The largest absolute Gasteiger partial charge is 0.354 e. The van der Waals surface area contributed by atoms with Crippen molar-refractivity contribution >= 4 is 11.9 Å². The van der Waals surface area contributed by atoms with Gasteiger partial charge in [0.05, 0.1) is 11.6 Å². The first-order valence-corrected chi connectivity index (χ1v) is 10.7. The molecule has 1 aromatic heterocycles. The third-order valence-electron chi connectivity index (χ3n) is 5.85. The number of nitrogens with one attached hydrogen (secondary N) is 1. The third-order valence-corrected chi connectivity index (χ3v) is 5.85. The zero-order chi connectivity index (χ0) is 20.2. The van der Waals surface area contributed by atoms with Crippen LogP contribution in [-0.4, -0.2) is 53.0 Å². The maximum Gasteiger partial charge on any atom is 0.225 e. The molecule has 2 aromatic rings. The van der Waals surface area contributed by atoms with Crippen LogP contribution in [0.4, 0.5) is 5.95 Å². The van der Waals surface area contributed by atoms with E-state index in [4.69, 9.17) is 4.98 Å². The fraction of sp³-hybridized carbons (Fsp3) is 0.522. The molecule has 3 heterocycles. The van der Waals surface area contributed by atoms with Gasteiger partial charge in [-0.05, 0) is 38.3 Å². The molecule has 2 aliphatic heterocycles. The average molecular weight is 394 g/mol. The van der Waals surface area contributed by atoms with Gasteiger partial charge in [-0.1, -0.05) is 30.3 Å². The van der Waals surface area contributed by atoms with Crippen molar-refractivity contribution in [3.8, 4) is 0 Å². The van der Waals surface area contributed by atoms with Gasteiger partial charge < -0.3 is 10.2 Å². The lowest BCUT2D eigenvalue weighted by atomic mass is 9.91. The number of nitrogens with zero attached hydrogens (tertiary/aromatic N) is 4. The predicted octanol–water partition coefficient (Wildman–Crippen LogP) is 2.82. The summed E-state index contributed by atoms with van der Waals surface area (Å²) in [6.07, 6.45) is 4.25. The second-order valence-electron chi connectivity index (χ2n) is 8.53. The van der Waals surface area contributed by atoms with Crippen LogP contribution in [0.5, 0.6) is 0 Å². The molecule has 2 fully saturated rings. The summed E-state index contributed by atoms with van der Waals surface area (Å²) in [4.78, 5) is 27.0. The predicted molar refractivity (Wildman–Crippen MR) is 115 cm³/mol. The van der Waals surface area contributed by atoms with Gasteiger partial charge in [0.1, 0.15) is 0 Å². The summed E-state index contributed by atoms with van der Waals surface area (Å²) in [5.41, 5.74) is 2.26. The summed E-state index contributed by atoms with van der Waals surface area (Å²) in [6.45, 7) is 8.51. The third kappa shape index (κ3) is 4.75. The highest BCUT2D eigenvalue weighted by molar-refractivity contribution is 5.80. The summed E-state index contributed by atoms with van der Waals surface area (Å²) >= 11 is 0. The molecule has 1 amide bonds. The van der Waals surface area contributed by atoms with Gasteiger partial charge in [-0.15, -0.1) is 0 Å². The quantitative estimate of drug-likeness (QED) is 0.818. The Kier molecular flexibility index (Phi) is 6.09. The van der Waals surface area contributed by atoms with Crippen LogP contribution in [0.2, 0.25) is 0 Å². The number of anilines is 1. The molecule has 1 aromatic carbocycles. The van der Waals surface area contributed by atoms with Gasteiger partial charge in [-0.3, -0.25) is 9.69 Å². The number of amides is 1. The van der Waals surface area contributed by atoms with Crippen molar-refractivity contribution in [3.63, 3.8) is 0 Å². The molecule has 6 heteroatoms. The number of carbonyl (C=O) groups is 1. The summed E-state index contributed by atoms with van der Waals surface area (Å²) in [5, 5.41) is 3.12. The smallest absolute Gasteiger partial charge is 0.225 e. The van der Waals surface area contributed by atoms with Crippen molar-refractivity contribution in [2.45, 2.75) is 45.2 Å². The molecule has 0 spiro atoms. The van der Waals surface area contributed by atoms with Gasteiger partial charge >= 0.3 is 0 Å². The second kappa shape index (κ2) is 8.91. The van der Waals surface area contributed by atoms with E-state index in [2.05, 4.69) is 44.4 Å². The molecule has 0 radical (unpaired) electrons. The minimum absolute atomic E-state index is 0.0850. The number of carbonyl (C=O) groups excluding carboxylic acids is 1. The van der Waals surface area contributed by atoms with E-state index in [1.807, 2.05) is 32.2 Å². The molecule has 1 N–H and O–H groups in total. The molecular formula is C23H31N5O. The topological polar surface area (TPSA) is 61.4 Å². The Bertz CT molecular complexity index is 819. The van der Waals surface area contributed by atoms with Crippen LogP contribution >= 0.6 is 0 Å². The number of benzene rings is 1. The SMILES string of the molecule is CC(C)NC(=O)[C@H]1CN(Cc2ccccc2)C[C@@H]1c1ccnc(N2CCCC2)n1. The van der Waals surface area contributed by atoms with Crippen LogP contribution in [0, 0.1) is 5.92 Å². The number of aromatic nitrogens is 2. The number of likely N-dealkylation sites (tertiary alicyclic amines) is 1. The minimum Gasteiger partial charge on any atom is -0.354 e. The van der Waals surface area contributed by atoms with Gasteiger partial charge in [0.15, 0.2) is 0 Å². The standard InChI is InChI=1S/C23H31N5O/c1-17(2)25-22(29)20-16-27(14-18-8-4-3-5-9-18)15-19(20)21-10-11-24-23(26-21)28-12-6-7-13-28/h3-5,8-11,17,19-20H,6-7,12-16H2,1-2H3,(H,25,29)/t19-,20-/m0/s1. The highest BCUT2D eigenvalue weighted by atomic mass is 16.2. The van der Waals surface area contributed by atoms with E-state index in [0.717, 1.165) is 44.4 Å². The molecule has 154 valence electrons. The van der Waals surface area contributed by atoms with Crippen molar-refractivity contribution in [1.29, 1.82) is 0 Å². The Morgan fingerprint density at radius 2 is 1.90 bits per heavy atom. The molecule has 6 nitrogen and oxygen atoms in total. The van der Waals surface area contributed by atoms with Gasteiger partial charge in [0.25, 0.3) is 0 Å². The lowest BCUT2D eigenvalue weighted by molar-refractivity contribution is -0.125. The Balaban J connectivity index is 1.56. The van der Waals surface area contributed by atoms with E-state index < -0.39 is 0 Å². The van der Waals surface area contributed by atoms with Crippen LogP contribution in [0.15, 0.2) is 42.6 Å². The maximum absolute atomic E-state index is 13.0. The summed E-state index contributed by atoms with van der Waals surface area (Å²) < 4.78 is 0. The number of hydrogen-bond acceptors (Lipinski definition) is 5. The van der Waals surface area contributed by atoms with E-state index in [1.165, 1.54) is 18.4 Å². The first kappa shape index (κ1) is 19.8. The monoisotopic (exact) mass is 393 g/mol. The van der Waals surface area contributed by atoms with Crippen molar-refractivity contribution in [2.75, 3.05) is 31.1 Å². The van der Waals surface area contributed by atoms with Crippen molar-refractivity contribution in [2.24, 2.45) is 5.92 Å². The van der Waals surface area contributed by atoms with Crippen LogP contribution in [0.25, 0.3) is 0 Å². The van der Waals surface area contributed by atoms with Crippen LogP contribution in [0.1, 0.15) is 43.9 Å². The van der Waals surface area contributed by atoms with E-state index in [0.29, 0.717) is 0 Å². The van der Waals surface area contributed by atoms with E-state index in [9.17, 15) is 4.79 Å². The summed E-state index contributed by atoms with van der Waals surface area (Å²) in [6, 6.07) is 12.6. The van der Waals surface area contributed by atoms with Crippen molar-refractivity contribution in [3.05, 3.63) is 53.9 Å². The Morgan fingerprint density at radius 1 is 1.14 bits per heavy atom. The van der Waals surface area contributed by atoms with E-state index in [-0.39, 0.29) is 23.8 Å². The molecule has 29 heavy (non-hydrogen) atoms. The molecule has 2 aliphatic rings. The van der Waals surface area contributed by atoms with Crippen molar-refractivity contribution < 1.29 is 4.79 Å². The summed E-state index contributed by atoms with van der Waals surface area (Å²) in [7, 11) is 0. The Morgan fingerprint density at radius 3 is 2.62 bits per heavy atom. The maximum atomic E-state index is 13.0. The van der Waals surface area contributed by atoms with Gasteiger partial charge in [0, 0.05) is 50.9 Å². The molecule has 0 aliphatic carbocycles. The zero-order valence-electron chi connectivity index (χ0n) is 17.4. The number of rotatable bonds is 6. The van der Waals surface area contributed by atoms with Crippen LogP contribution < -0.4 is 10.2 Å². The minimum atomic E-state index is -0.0950. The highest BCUT2D eigenvalue weighted by Crippen LogP contribution is 2.33. The molecular weight excluding hydrogens is 362 g/mol. The Hall–Kier alpha value is -2.47. The lowest BCUT2D eigenvalue weighted by Gasteiger charge is -2.21. The first-order chi connectivity index (χ1) is 14.1. The van der Waals surface area contributed by atoms with Gasteiger partial charge in [-0.2, -0.15) is 0 Å². The molecule has 0 saturated carbocycles. The number of hydrogen-bond donors (Lipinski definition) is 1. The second-order valence-corrected chi connectivity index (χ2v) is 8.53. The lowest BCUT2D eigenvalue weighted by Crippen LogP contribution is -2.38. The van der Waals surface area contributed by atoms with Crippen LogP contribution in [0.3, 0.4) is 0 Å². The Labute approximate surface area is 173 Å². The molecule has 2 saturated heterocycles. The summed E-state index contributed by atoms with van der Waals surface area (Å²) in [5.74, 6) is 0.927. The van der Waals surface area contributed by atoms with E-state index in [1.54, 1.807) is 0 Å². The normalized spacial score (nSPS) is 22.4. The average Bonchev–Trinajstić information content (AvgIpc) is 3.39. The molecule has 4 rings (SSSR count). The molecule has 0 unspecified atom stereocenters. The fourth-order valence-corrected chi connectivity index (χ4v) is 4.45. The fourth-order valence-electron chi connectivity index (χ4n) is 4.45. The molecule has 0 bridgehead atoms. The highest BCUT2D eigenvalue weighted by Gasteiger charge is 2.39. The first-order valence-electron chi connectivity index (χ1n) is 10.7. The van der Waals surface area contributed by atoms with E-state index >= 15 is 0 Å². The van der Waals surface area contributed by atoms with Crippen LogP contribution in [-0.2, 0) is 11.3 Å². The molecule has 2 atom stereocenters.